The molecule has 0 aromatic heterocycles. The fourth-order valence-corrected chi connectivity index (χ4v) is 4.27. The van der Waals surface area contributed by atoms with Crippen LogP contribution in [0.1, 0.15) is 38.3 Å². The lowest BCUT2D eigenvalue weighted by Crippen LogP contribution is -2.52. The monoisotopic (exact) mass is 507 g/mol. The molecular weight excluding hydrogens is 473 g/mol. The Bertz CT molecular complexity index is 1140. The Labute approximate surface area is 207 Å². The van der Waals surface area contributed by atoms with Crippen molar-refractivity contribution in [3.8, 4) is 5.75 Å². The molecule has 2 aromatic rings. The number of anilines is 1. The minimum absolute atomic E-state index is 0.00321. The van der Waals surface area contributed by atoms with Crippen LogP contribution in [0.4, 0.5) is 10.1 Å². The van der Waals surface area contributed by atoms with Gasteiger partial charge in [0.2, 0.25) is 21.8 Å². The van der Waals surface area contributed by atoms with Crippen molar-refractivity contribution in [1.82, 2.24) is 10.2 Å². The summed E-state index contributed by atoms with van der Waals surface area (Å²) in [5.41, 5.74) is 1.61. The zero-order valence-corrected chi connectivity index (χ0v) is 21.9. The normalized spacial score (nSPS) is 13.0. The Morgan fingerprint density at radius 1 is 1.11 bits per heavy atom. The van der Waals surface area contributed by atoms with Crippen LogP contribution in [0.15, 0.2) is 42.5 Å². The maximum atomic E-state index is 13.6. The molecule has 0 radical (unpaired) electrons. The number of carbonyl (C=O) groups excluding carboxylic acids is 2. The van der Waals surface area contributed by atoms with E-state index in [0.717, 1.165) is 16.1 Å². The minimum Gasteiger partial charge on any atom is -0.495 e. The van der Waals surface area contributed by atoms with Crippen LogP contribution in [0.5, 0.6) is 5.75 Å². The summed E-state index contributed by atoms with van der Waals surface area (Å²) in [7, 11) is -2.47. The van der Waals surface area contributed by atoms with Gasteiger partial charge in [-0.3, -0.25) is 13.9 Å². The first-order valence-corrected chi connectivity index (χ1v) is 13.2. The van der Waals surface area contributed by atoms with Crippen LogP contribution in [0.3, 0.4) is 0 Å². The van der Waals surface area contributed by atoms with Crippen LogP contribution in [0.2, 0.25) is 0 Å². The molecule has 0 spiro atoms. The summed E-state index contributed by atoms with van der Waals surface area (Å²) in [5, 5.41) is 2.86. The quantitative estimate of drug-likeness (QED) is 0.504. The molecule has 2 rings (SSSR count). The predicted molar refractivity (Wildman–Crippen MR) is 134 cm³/mol. The van der Waals surface area contributed by atoms with Crippen molar-refractivity contribution in [3.63, 3.8) is 0 Å². The number of hydrogen-bond donors (Lipinski definition) is 1. The highest BCUT2D eigenvalue weighted by Gasteiger charge is 2.31. The molecule has 10 heteroatoms. The molecule has 0 saturated carbocycles. The maximum Gasteiger partial charge on any atom is 0.244 e. The summed E-state index contributed by atoms with van der Waals surface area (Å²) in [6.07, 6.45) is 1.71. The topological polar surface area (TPSA) is 96.0 Å². The van der Waals surface area contributed by atoms with Gasteiger partial charge >= 0.3 is 0 Å². The van der Waals surface area contributed by atoms with Crippen molar-refractivity contribution in [2.45, 2.75) is 52.7 Å². The van der Waals surface area contributed by atoms with Gasteiger partial charge in [0.25, 0.3) is 0 Å². The lowest BCUT2D eigenvalue weighted by atomic mass is 10.1. The third kappa shape index (κ3) is 7.68. The van der Waals surface area contributed by atoms with Gasteiger partial charge in [-0.25, -0.2) is 12.8 Å². The van der Waals surface area contributed by atoms with Crippen molar-refractivity contribution in [1.29, 1.82) is 0 Å². The average molecular weight is 508 g/mol. The minimum atomic E-state index is -3.89. The number of amides is 2. The first-order valence-electron chi connectivity index (χ1n) is 11.3. The van der Waals surface area contributed by atoms with Crippen molar-refractivity contribution >= 4 is 27.5 Å². The SMILES string of the molecule is CCC(C)NC(=O)C(C)N(Cc1ccc(F)cc1)C(=O)CN(c1cc(C)ccc1OC)S(C)(=O)=O. The number of benzene rings is 2. The second kappa shape index (κ2) is 12.0. The molecule has 0 aliphatic rings. The highest BCUT2D eigenvalue weighted by atomic mass is 32.2. The molecule has 8 nitrogen and oxygen atoms in total. The number of halogens is 1. The second-order valence-electron chi connectivity index (χ2n) is 8.59. The second-order valence-corrected chi connectivity index (χ2v) is 10.5. The van der Waals surface area contributed by atoms with Gasteiger partial charge in [-0.15, -0.1) is 0 Å². The Kier molecular flexibility index (Phi) is 9.64. The van der Waals surface area contributed by atoms with Crippen molar-refractivity contribution < 1.29 is 27.1 Å². The molecule has 1 N–H and O–H groups in total. The summed E-state index contributed by atoms with van der Waals surface area (Å²) in [5.74, 6) is -1.09. The maximum absolute atomic E-state index is 13.6. The van der Waals surface area contributed by atoms with Gasteiger partial charge in [-0.05, 0) is 62.6 Å². The van der Waals surface area contributed by atoms with Crippen molar-refractivity contribution in [2.24, 2.45) is 0 Å². The van der Waals surface area contributed by atoms with Crippen LogP contribution in [0, 0.1) is 12.7 Å². The average Bonchev–Trinajstić information content (AvgIpc) is 2.80. The van der Waals surface area contributed by atoms with E-state index in [4.69, 9.17) is 4.74 Å². The number of hydrogen-bond acceptors (Lipinski definition) is 5. The summed E-state index contributed by atoms with van der Waals surface area (Å²) in [6, 6.07) is 9.60. The summed E-state index contributed by atoms with van der Waals surface area (Å²) in [6.45, 7) is 6.62. The molecule has 0 heterocycles. The third-order valence-corrected chi connectivity index (χ3v) is 6.84. The molecule has 2 unspecified atom stereocenters. The first-order chi connectivity index (χ1) is 16.4. The van der Waals surface area contributed by atoms with Crippen molar-refractivity contribution in [3.05, 3.63) is 59.4 Å². The Balaban J connectivity index is 2.45. The zero-order valence-electron chi connectivity index (χ0n) is 21.0. The number of nitrogens with zero attached hydrogens (tertiary/aromatic N) is 2. The van der Waals surface area contributed by atoms with E-state index in [9.17, 15) is 22.4 Å². The van der Waals surface area contributed by atoms with E-state index >= 15 is 0 Å². The van der Waals surface area contributed by atoms with Gasteiger partial charge < -0.3 is 15.0 Å². The van der Waals surface area contributed by atoms with Gasteiger partial charge in [0.05, 0.1) is 19.1 Å². The van der Waals surface area contributed by atoms with Crippen molar-refractivity contribution in [2.75, 3.05) is 24.2 Å². The van der Waals surface area contributed by atoms with Gasteiger partial charge in [0, 0.05) is 12.6 Å². The largest absolute Gasteiger partial charge is 0.495 e. The summed E-state index contributed by atoms with van der Waals surface area (Å²) >= 11 is 0. The molecule has 192 valence electrons. The van der Waals surface area contributed by atoms with Crippen LogP contribution >= 0.6 is 0 Å². The molecular formula is C25H34FN3O5S. The highest BCUT2D eigenvalue weighted by Crippen LogP contribution is 2.31. The Hall–Kier alpha value is -3.14. The number of aryl methyl sites for hydroxylation is 1. The van der Waals surface area contributed by atoms with Gasteiger partial charge in [0.15, 0.2) is 0 Å². The summed E-state index contributed by atoms with van der Waals surface area (Å²) in [4.78, 5) is 27.7. The predicted octanol–water partition coefficient (Wildman–Crippen LogP) is 3.24. The van der Waals surface area contributed by atoms with Gasteiger partial charge in [-0.1, -0.05) is 25.1 Å². The first kappa shape index (κ1) is 28.1. The fourth-order valence-electron chi connectivity index (χ4n) is 3.42. The molecule has 0 saturated heterocycles. The molecule has 0 aliphatic heterocycles. The van der Waals surface area contributed by atoms with E-state index in [1.807, 2.05) is 13.8 Å². The number of sulfonamides is 1. The zero-order chi connectivity index (χ0) is 26.3. The Morgan fingerprint density at radius 2 is 1.74 bits per heavy atom. The van der Waals surface area contributed by atoms with E-state index in [1.165, 1.54) is 36.3 Å². The standard InChI is InChI=1S/C25H34FN3O5S/c1-7-18(3)27-25(31)19(4)28(15-20-9-11-21(26)12-10-20)24(30)16-29(35(6,32)33)22-14-17(2)8-13-23(22)34-5/h8-14,18-19H,7,15-16H2,1-6H3,(H,27,31). The van der Waals surface area contributed by atoms with Crippen LogP contribution in [-0.4, -0.2) is 57.1 Å². The van der Waals surface area contributed by atoms with E-state index < -0.39 is 34.3 Å². The van der Waals surface area contributed by atoms with E-state index in [-0.39, 0.29) is 24.2 Å². The number of rotatable bonds is 11. The fraction of sp³-hybridized carbons (Fsp3) is 0.440. The van der Waals surface area contributed by atoms with E-state index in [1.54, 1.807) is 32.0 Å². The molecule has 0 fully saturated rings. The van der Waals surface area contributed by atoms with E-state index in [0.29, 0.717) is 17.7 Å². The number of carbonyl (C=O) groups is 2. The molecule has 0 aliphatic carbocycles. The van der Waals surface area contributed by atoms with Crippen LogP contribution in [-0.2, 0) is 26.2 Å². The summed E-state index contributed by atoms with van der Waals surface area (Å²) < 4.78 is 45.2. The van der Waals surface area contributed by atoms with Crippen LogP contribution < -0.4 is 14.4 Å². The molecule has 35 heavy (non-hydrogen) atoms. The lowest BCUT2D eigenvalue weighted by molar-refractivity contribution is -0.139. The number of nitrogens with one attached hydrogen (secondary N) is 1. The third-order valence-electron chi connectivity index (χ3n) is 5.72. The Morgan fingerprint density at radius 3 is 2.29 bits per heavy atom. The highest BCUT2D eigenvalue weighted by molar-refractivity contribution is 7.92. The number of methoxy groups -OCH3 is 1. The van der Waals surface area contributed by atoms with Gasteiger partial charge in [0.1, 0.15) is 24.2 Å². The van der Waals surface area contributed by atoms with Crippen LogP contribution in [0.25, 0.3) is 0 Å². The number of ether oxygens (including phenoxy) is 1. The molecule has 2 atom stereocenters. The molecule has 0 bridgehead atoms. The lowest BCUT2D eigenvalue weighted by Gasteiger charge is -2.32. The smallest absolute Gasteiger partial charge is 0.244 e. The molecule has 2 aromatic carbocycles. The van der Waals surface area contributed by atoms with E-state index in [2.05, 4.69) is 5.32 Å². The van der Waals surface area contributed by atoms with Gasteiger partial charge in [-0.2, -0.15) is 0 Å². The molecule has 2 amide bonds.